The fourth-order valence-electron chi connectivity index (χ4n) is 2.85. The Balaban J connectivity index is 1.62. The SMILES string of the molecule is N=C(N)c1ccc(OCCO/N=C(\C(=O)N[C@H]2CN(S(=O)(=O)O)C2=O)c2csc(N)n2)c(CO)c1. The summed E-state index contributed by atoms with van der Waals surface area (Å²) >= 11 is 1.03. The van der Waals surface area contributed by atoms with Crippen molar-refractivity contribution in [2.24, 2.45) is 10.9 Å². The van der Waals surface area contributed by atoms with Crippen molar-refractivity contribution in [2.75, 3.05) is 25.5 Å². The molecule has 1 saturated heterocycles. The first-order valence-corrected chi connectivity index (χ1v) is 12.0. The van der Waals surface area contributed by atoms with Gasteiger partial charge in [0.1, 0.15) is 29.9 Å². The number of thiazole rings is 1. The molecule has 17 heteroatoms. The summed E-state index contributed by atoms with van der Waals surface area (Å²) in [6.45, 7) is -0.955. The predicted molar refractivity (Wildman–Crippen MR) is 123 cm³/mol. The van der Waals surface area contributed by atoms with E-state index in [1.165, 1.54) is 17.5 Å². The van der Waals surface area contributed by atoms with E-state index in [0.29, 0.717) is 16.9 Å². The molecule has 0 spiro atoms. The highest BCUT2D eigenvalue weighted by molar-refractivity contribution is 7.84. The summed E-state index contributed by atoms with van der Waals surface area (Å²) in [6.07, 6.45) is 0. The molecule has 0 unspecified atom stereocenters. The van der Waals surface area contributed by atoms with Crippen LogP contribution in [-0.2, 0) is 31.3 Å². The smallest absolute Gasteiger partial charge is 0.362 e. The van der Waals surface area contributed by atoms with Gasteiger partial charge in [0.05, 0.1) is 13.2 Å². The number of ether oxygens (including phenoxy) is 1. The highest BCUT2D eigenvalue weighted by Gasteiger charge is 2.45. The molecule has 1 aromatic heterocycles. The lowest BCUT2D eigenvalue weighted by Gasteiger charge is -2.35. The molecule has 15 nitrogen and oxygen atoms in total. The number of hydrogen-bond acceptors (Lipinski definition) is 12. The fourth-order valence-corrected chi connectivity index (χ4v) is 4.09. The van der Waals surface area contributed by atoms with Crippen LogP contribution >= 0.6 is 11.3 Å². The van der Waals surface area contributed by atoms with Gasteiger partial charge in [-0.3, -0.25) is 19.6 Å². The number of rotatable bonds is 11. The predicted octanol–water partition coefficient (Wildman–Crippen LogP) is -1.57. The summed E-state index contributed by atoms with van der Waals surface area (Å²) in [4.78, 5) is 33.6. The largest absolute Gasteiger partial charge is 0.490 e. The van der Waals surface area contributed by atoms with Crippen molar-refractivity contribution in [2.45, 2.75) is 12.6 Å². The maximum absolute atomic E-state index is 12.6. The van der Waals surface area contributed by atoms with Crippen LogP contribution in [0.25, 0.3) is 0 Å². The lowest BCUT2D eigenvalue weighted by molar-refractivity contribution is -0.139. The Morgan fingerprint density at radius 2 is 2.14 bits per heavy atom. The highest BCUT2D eigenvalue weighted by atomic mass is 32.2. The number of aromatic nitrogens is 1. The van der Waals surface area contributed by atoms with E-state index in [4.69, 9.17) is 31.0 Å². The van der Waals surface area contributed by atoms with Crippen LogP contribution in [0.3, 0.4) is 0 Å². The van der Waals surface area contributed by atoms with E-state index in [1.807, 2.05) is 0 Å². The Hall–Kier alpha value is -3.80. The number of carbonyl (C=O) groups is 2. The Bertz CT molecular complexity index is 1280. The molecule has 0 aliphatic carbocycles. The van der Waals surface area contributed by atoms with Crippen molar-refractivity contribution in [3.05, 3.63) is 40.4 Å². The number of aliphatic hydroxyl groups excluding tert-OH is 1. The van der Waals surface area contributed by atoms with Crippen molar-refractivity contribution in [1.29, 1.82) is 5.41 Å². The first kappa shape index (κ1) is 25.8. The summed E-state index contributed by atoms with van der Waals surface area (Å²) in [5.74, 6) is -1.72. The Morgan fingerprint density at radius 1 is 1.40 bits per heavy atom. The van der Waals surface area contributed by atoms with Gasteiger partial charge >= 0.3 is 10.3 Å². The summed E-state index contributed by atoms with van der Waals surface area (Å²) in [7, 11) is -4.70. The second kappa shape index (κ2) is 10.6. The van der Waals surface area contributed by atoms with Gasteiger partial charge in [0.25, 0.3) is 11.8 Å². The monoisotopic (exact) mass is 527 g/mol. The molecule has 8 N–H and O–H groups in total. The van der Waals surface area contributed by atoms with Crippen molar-refractivity contribution >= 4 is 50.1 Å². The van der Waals surface area contributed by atoms with Crippen molar-refractivity contribution in [1.82, 2.24) is 14.6 Å². The lowest BCUT2D eigenvalue weighted by atomic mass is 10.1. The number of nitrogens with zero attached hydrogens (tertiary/aromatic N) is 3. The van der Waals surface area contributed by atoms with Crippen molar-refractivity contribution in [3.8, 4) is 5.75 Å². The molecule has 1 aromatic carbocycles. The number of β-lactam (4-membered cyclic amide) rings is 1. The van der Waals surface area contributed by atoms with E-state index >= 15 is 0 Å². The first-order chi connectivity index (χ1) is 16.5. The Labute approximate surface area is 202 Å². The zero-order chi connectivity index (χ0) is 25.8. The number of amides is 2. The maximum atomic E-state index is 12.6. The molecule has 2 aromatic rings. The molecular weight excluding hydrogens is 506 g/mol. The molecule has 1 fully saturated rings. The van der Waals surface area contributed by atoms with Gasteiger partial charge in [-0.1, -0.05) is 5.16 Å². The molecule has 0 saturated carbocycles. The van der Waals surface area contributed by atoms with Crippen LogP contribution in [0.4, 0.5) is 5.13 Å². The van der Waals surface area contributed by atoms with Crippen LogP contribution in [0.5, 0.6) is 5.75 Å². The number of hydrogen-bond donors (Lipinski definition) is 6. The van der Waals surface area contributed by atoms with E-state index in [2.05, 4.69) is 15.5 Å². The number of oxime groups is 1. The minimum absolute atomic E-state index is 0.0333. The van der Waals surface area contributed by atoms with E-state index in [0.717, 1.165) is 11.3 Å². The zero-order valence-corrected chi connectivity index (χ0v) is 19.5. The molecule has 0 bridgehead atoms. The number of amidine groups is 1. The van der Waals surface area contributed by atoms with E-state index in [9.17, 15) is 23.1 Å². The summed E-state index contributed by atoms with van der Waals surface area (Å²) < 4.78 is 36.8. The van der Waals surface area contributed by atoms with E-state index < -0.39 is 34.7 Å². The number of carbonyl (C=O) groups excluding carboxylic acids is 2. The number of anilines is 1. The molecular formula is C18H21N7O8S2. The summed E-state index contributed by atoms with van der Waals surface area (Å²) in [6, 6.07) is 3.41. The number of aliphatic hydroxyl groups is 1. The molecule has 2 amide bonds. The van der Waals surface area contributed by atoms with Crippen LogP contribution in [0.15, 0.2) is 28.7 Å². The van der Waals surface area contributed by atoms with Gasteiger partial charge < -0.3 is 31.5 Å². The average Bonchev–Trinajstić information content (AvgIpc) is 3.22. The van der Waals surface area contributed by atoms with Crippen LogP contribution in [0.1, 0.15) is 16.8 Å². The van der Waals surface area contributed by atoms with Gasteiger partial charge in [-0.15, -0.1) is 11.3 Å². The third kappa shape index (κ3) is 6.21. The Morgan fingerprint density at radius 3 is 2.71 bits per heavy atom. The molecule has 1 aliphatic rings. The standard InChI is InChI=1S/C18H21N7O8S2/c19-15(20)9-1-2-13(10(5-9)7-26)32-3-4-33-24-14(12-8-34-18(21)23-12)16(27)22-11-6-25(17(11)28)35(29,30)31/h1-2,5,8,11,26H,3-4,6-7H2,(H3,19,20)(H2,21,23)(H,22,27)(H,29,30,31)/b24-14-/t11-/m0/s1. The molecule has 188 valence electrons. The lowest BCUT2D eigenvalue weighted by Crippen LogP contribution is -2.65. The second-order valence-electron chi connectivity index (χ2n) is 6.96. The van der Waals surface area contributed by atoms with Gasteiger partial charge in [0, 0.05) is 16.5 Å². The molecule has 1 aliphatic heterocycles. The fraction of sp³-hybridized carbons (Fsp3) is 0.278. The third-order valence-electron chi connectivity index (χ3n) is 4.59. The minimum atomic E-state index is -4.70. The van der Waals surface area contributed by atoms with Gasteiger partial charge in [0.2, 0.25) is 0 Å². The average molecular weight is 528 g/mol. The van der Waals surface area contributed by atoms with Gasteiger partial charge in [-0.25, -0.2) is 9.29 Å². The summed E-state index contributed by atoms with van der Waals surface area (Å²) in [5.41, 5.74) is 11.6. The van der Waals surface area contributed by atoms with Crippen LogP contribution < -0.4 is 21.5 Å². The normalized spacial score (nSPS) is 15.9. The number of nitrogen functional groups attached to an aromatic ring is 2. The number of benzene rings is 1. The number of nitrogens with one attached hydrogen (secondary N) is 2. The molecule has 35 heavy (non-hydrogen) atoms. The van der Waals surface area contributed by atoms with Crippen LogP contribution in [-0.4, -0.2) is 76.5 Å². The molecule has 1 atom stereocenters. The van der Waals surface area contributed by atoms with Gasteiger partial charge in [-0.05, 0) is 18.2 Å². The van der Waals surface area contributed by atoms with Gasteiger partial charge in [-0.2, -0.15) is 8.42 Å². The van der Waals surface area contributed by atoms with Crippen LogP contribution in [0.2, 0.25) is 0 Å². The van der Waals surface area contributed by atoms with Crippen molar-refractivity contribution < 1.29 is 37.2 Å². The van der Waals surface area contributed by atoms with E-state index in [1.54, 1.807) is 6.07 Å². The molecule has 3 rings (SSSR count). The molecule has 2 heterocycles. The highest BCUT2D eigenvalue weighted by Crippen LogP contribution is 2.20. The Kier molecular flexibility index (Phi) is 7.85. The van der Waals surface area contributed by atoms with E-state index in [-0.39, 0.29) is 46.5 Å². The minimum Gasteiger partial charge on any atom is -0.490 e. The third-order valence-corrected chi connectivity index (χ3v) is 6.15. The maximum Gasteiger partial charge on any atom is 0.362 e. The summed E-state index contributed by atoms with van der Waals surface area (Å²) in [5, 5.41) is 24.6. The zero-order valence-electron chi connectivity index (χ0n) is 17.9. The van der Waals surface area contributed by atoms with Gasteiger partial charge in [0.15, 0.2) is 17.5 Å². The number of nitrogens with two attached hydrogens (primary N) is 2. The quantitative estimate of drug-likeness (QED) is 0.0486. The second-order valence-corrected chi connectivity index (χ2v) is 9.19. The molecule has 0 radical (unpaired) electrons. The topological polar surface area (TPSA) is 244 Å². The van der Waals surface area contributed by atoms with Crippen molar-refractivity contribution in [3.63, 3.8) is 0 Å². The first-order valence-electron chi connectivity index (χ1n) is 9.73. The van der Waals surface area contributed by atoms with Crippen LogP contribution in [0, 0.1) is 5.41 Å².